The number of nitrogens with zero attached hydrogens (tertiary/aromatic N) is 1. The molecule has 0 saturated heterocycles. The van der Waals surface area contributed by atoms with Crippen LogP contribution in [0.5, 0.6) is 0 Å². The molecule has 0 N–H and O–H groups in total. The summed E-state index contributed by atoms with van der Waals surface area (Å²) in [5.41, 5.74) is 1.62. The van der Waals surface area contributed by atoms with Crippen molar-refractivity contribution in [1.29, 1.82) is 0 Å². The molecule has 0 saturated carbocycles. The summed E-state index contributed by atoms with van der Waals surface area (Å²) in [6.45, 7) is 2.04. The summed E-state index contributed by atoms with van der Waals surface area (Å²) < 4.78 is 13.4. The third-order valence-electron chi connectivity index (χ3n) is 2.02. The number of thiazole rings is 1. The van der Waals surface area contributed by atoms with Crippen molar-refractivity contribution in [2.24, 2.45) is 0 Å². The smallest absolute Gasteiger partial charge is 0.133 e. The second-order valence-corrected chi connectivity index (χ2v) is 3.84. The van der Waals surface area contributed by atoms with Gasteiger partial charge in [0.15, 0.2) is 0 Å². The SMILES string of the molecule is CCc1csc(-c2ccccc2F)n1. The van der Waals surface area contributed by atoms with Gasteiger partial charge < -0.3 is 0 Å². The van der Waals surface area contributed by atoms with Crippen molar-refractivity contribution in [3.63, 3.8) is 0 Å². The maximum absolute atomic E-state index is 13.4. The molecule has 0 radical (unpaired) electrons. The van der Waals surface area contributed by atoms with Crippen LogP contribution in [-0.2, 0) is 6.42 Å². The molecule has 1 heterocycles. The Balaban J connectivity index is 2.44. The van der Waals surface area contributed by atoms with Crippen molar-refractivity contribution in [3.8, 4) is 10.6 Å². The Morgan fingerprint density at radius 1 is 1.36 bits per heavy atom. The van der Waals surface area contributed by atoms with Crippen LogP contribution in [-0.4, -0.2) is 4.98 Å². The number of benzene rings is 1. The van der Waals surface area contributed by atoms with Crippen LogP contribution in [0, 0.1) is 5.82 Å². The summed E-state index contributed by atoms with van der Waals surface area (Å²) in [6.07, 6.45) is 0.894. The molecule has 1 aromatic heterocycles. The average molecular weight is 207 g/mol. The van der Waals surface area contributed by atoms with E-state index in [1.807, 2.05) is 18.4 Å². The molecule has 0 atom stereocenters. The molecule has 0 spiro atoms. The van der Waals surface area contributed by atoms with Gasteiger partial charge in [0.25, 0.3) is 0 Å². The molecule has 0 aliphatic heterocycles. The van der Waals surface area contributed by atoms with Gasteiger partial charge in [-0.25, -0.2) is 9.37 Å². The molecule has 0 aliphatic rings. The first-order chi connectivity index (χ1) is 6.81. The summed E-state index contributed by atoms with van der Waals surface area (Å²) >= 11 is 1.49. The first-order valence-corrected chi connectivity index (χ1v) is 5.38. The molecule has 14 heavy (non-hydrogen) atoms. The van der Waals surface area contributed by atoms with Gasteiger partial charge in [-0.05, 0) is 18.6 Å². The quantitative estimate of drug-likeness (QED) is 0.734. The molecule has 72 valence electrons. The third-order valence-corrected chi connectivity index (χ3v) is 2.94. The van der Waals surface area contributed by atoms with Crippen molar-refractivity contribution >= 4 is 11.3 Å². The first kappa shape index (κ1) is 9.34. The lowest BCUT2D eigenvalue weighted by atomic mass is 10.2. The molecule has 3 heteroatoms. The first-order valence-electron chi connectivity index (χ1n) is 4.50. The maximum Gasteiger partial charge on any atom is 0.133 e. The van der Waals surface area contributed by atoms with Gasteiger partial charge in [-0.2, -0.15) is 0 Å². The monoisotopic (exact) mass is 207 g/mol. The molecule has 0 aliphatic carbocycles. The van der Waals surface area contributed by atoms with Crippen LogP contribution in [0.15, 0.2) is 29.6 Å². The molecular formula is C11H10FNS. The predicted octanol–water partition coefficient (Wildman–Crippen LogP) is 3.51. The fourth-order valence-corrected chi connectivity index (χ4v) is 2.16. The summed E-state index contributed by atoms with van der Waals surface area (Å²) in [4.78, 5) is 4.34. The molecule has 2 aromatic rings. The number of rotatable bonds is 2. The van der Waals surface area contributed by atoms with Crippen LogP contribution in [0.3, 0.4) is 0 Å². The van der Waals surface area contributed by atoms with Gasteiger partial charge in [0, 0.05) is 10.9 Å². The van der Waals surface area contributed by atoms with E-state index in [9.17, 15) is 4.39 Å². The Bertz CT molecular complexity index is 436. The van der Waals surface area contributed by atoms with E-state index >= 15 is 0 Å². The lowest BCUT2D eigenvalue weighted by Gasteiger charge is -1.96. The number of aryl methyl sites for hydroxylation is 1. The summed E-state index contributed by atoms with van der Waals surface area (Å²) in [5.74, 6) is -0.204. The number of hydrogen-bond donors (Lipinski definition) is 0. The van der Waals surface area contributed by atoms with Gasteiger partial charge in [-0.1, -0.05) is 19.1 Å². The lowest BCUT2D eigenvalue weighted by Crippen LogP contribution is -1.84. The number of hydrogen-bond acceptors (Lipinski definition) is 2. The van der Waals surface area contributed by atoms with Crippen LogP contribution >= 0.6 is 11.3 Å². The van der Waals surface area contributed by atoms with Crippen LogP contribution in [0.2, 0.25) is 0 Å². The minimum absolute atomic E-state index is 0.204. The summed E-state index contributed by atoms with van der Waals surface area (Å²) in [6, 6.07) is 6.73. The maximum atomic E-state index is 13.4. The van der Waals surface area contributed by atoms with Crippen LogP contribution in [0.25, 0.3) is 10.6 Å². The molecule has 0 bridgehead atoms. The second-order valence-electron chi connectivity index (χ2n) is 2.98. The van der Waals surface area contributed by atoms with Gasteiger partial charge in [0.05, 0.1) is 5.69 Å². The van der Waals surface area contributed by atoms with E-state index in [-0.39, 0.29) is 5.82 Å². The fraction of sp³-hybridized carbons (Fsp3) is 0.182. The number of halogens is 1. The van der Waals surface area contributed by atoms with Gasteiger partial charge in [-0.3, -0.25) is 0 Å². The average Bonchev–Trinajstić information content (AvgIpc) is 2.67. The van der Waals surface area contributed by atoms with E-state index in [4.69, 9.17) is 0 Å². The van der Waals surface area contributed by atoms with Crippen molar-refractivity contribution in [2.45, 2.75) is 13.3 Å². The fourth-order valence-electron chi connectivity index (χ4n) is 1.23. The van der Waals surface area contributed by atoms with E-state index in [2.05, 4.69) is 4.98 Å². The van der Waals surface area contributed by atoms with Crippen molar-refractivity contribution < 1.29 is 4.39 Å². The lowest BCUT2D eigenvalue weighted by molar-refractivity contribution is 0.631. The van der Waals surface area contributed by atoms with E-state index in [0.29, 0.717) is 5.56 Å². The summed E-state index contributed by atoms with van der Waals surface area (Å²) in [5, 5.41) is 2.74. The zero-order chi connectivity index (χ0) is 9.97. The molecule has 0 unspecified atom stereocenters. The van der Waals surface area contributed by atoms with Crippen LogP contribution in [0.4, 0.5) is 4.39 Å². The normalized spacial score (nSPS) is 10.4. The summed E-state index contributed by atoms with van der Waals surface area (Å²) in [7, 11) is 0. The van der Waals surface area contributed by atoms with Gasteiger partial charge in [0.2, 0.25) is 0 Å². The van der Waals surface area contributed by atoms with Gasteiger partial charge in [0.1, 0.15) is 10.8 Å². The zero-order valence-corrected chi connectivity index (χ0v) is 8.64. The van der Waals surface area contributed by atoms with Crippen LogP contribution < -0.4 is 0 Å². The largest absolute Gasteiger partial charge is 0.241 e. The minimum Gasteiger partial charge on any atom is -0.241 e. The Labute approximate surface area is 86.2 Å². The molecule has 1 aromatic carbocycles. The Morgan fingerprint density at radius 3 is 2.79 bits per heavy atom. The minimum atomic E-state index is -0.204. The van der Waals surface area contributed by atoms with E-state index in [1.165, 1.54) is 17.4 Å². The predicted molar refractivity (Wildman–Crippen MR) is 56.9 cm³/mol. The van der Waals surface area contributed by atoms with Crippen molar-refractivity contribution in [3.05, 3.63) is 41.2 Å². The van der Waals surface area contributed by atoms with E-state index in [1.54, 1.807) is 12.1 Å². The van der Waals surface area contributed by atoms with Crippen molar-refractivity contribution in [2.75, 3.05) is 0 Å². The number of aromatic nitrogens is 1. The Hall–Kier alpha value is -1.22. The molecule has 1 nitrogen and oxygen atoms in total. The molecule has 0 amide bonds. The highest BCUT2D eigenvalue weighted by Crippen LogP contribution is 2.25. The highest BCUT2D eigenvalue weighted by atomic mass is 32.1. The van der Waals surface area contributed by atoms with E-state index < -0.39 is 0 Å². The Kier molecular flexibility index (Phi) is 2.59. The Morgan fingerprint density at radius 2 is 2.14 bits per heavy atom. The highest BCUT2D eigenvalue weighted by Gasteiger charge is 2.07. The topological polar surface area (TPSA) is 12.9 Å². The van der Waals surface area contributed by atoms with Crippen molar-refractivity contribution in [1.82, 2.24) is 4.98 Å². The molecular weight excluding hydrogens is 197 g/mol. The molecule has 0 fully saturated rings. The zero-order valence-electron chi connectivity index (χ0n) is 7.83. The highest BCUT2D eigenvalue weighted by molar-refractivity contribution is 7.13. The van der Waals surface area contributed by atoms with Crippen LogP contribution in [0.1, 0.15) is 12.6 Å². The standard InChI is InChI=1S/C11H10FNS/c1-2-8-7-14-11(13-8)9-5-3-4-6-10(9)12/h3-7H,2H2,1H3. The van der Waals surface area contributed by atoms with E-state index in [0.717, 1.165) is 17.1 Å². The molecule has 2 rings (SSSR count). The van der Waals surface area contributed by atoms with Gasteiger partial charge in [-0.15, -0.1) is 11.3 Å². The second kappa shape index (κ2) is 3.88. The third kappa shape index (κ3) is 1.68. The van der Waals surface area contributed by atoms with Gasteiger partial charge >= 0.3 is 0 Å².